The van der Waals surface area contributed by atoms with Crippen LogP contribution in [0.25, 0.3) is 0 Å². The molecule has 0 fully saturated rings. The van der Waals surface area contributed by atoms with Gasteiger partial charge in [-0.3, -0.25) is 4.79 Å². The van der Waals surface area contributed by atoms with Crippen LogP contribution in [0.5, 0.6) is 0 Å². The lowest BCUT2D eigenvalue weighted by Gasteiger charge is -2.25. The monoisotopic (exact) mass is 343 g/mol. The lowest BCUT2D eigenvalue weighted by molar-refractivity contribution is -0.112. The van der Waals surface area contributed by atoms with E-state index in [-0.39, 0.29) is 17.4 Å². The first-order chi connectivity index (χ1) is 11.8. The summed E-state index contributed by atoms with van der Waals surface area (Å²) < 4.78 is 13.2. The zero-order valence-corrected chi connectivity index (χ0v) is 14.8. The number of carbonyl (C=O) groups excluding carboxylic acids is 1. The number of nitrogens with zero attached hydrogens (tertiary/aromatic N) is 4. The Kier molecular flexibility index (Phi) is 5.80. The molecule has 0 saturated heterocycles. The highest BCUT2D eigenvalue weighted by atomic mass is 19.1. The predicted molar refractivity (Wildman–Crippen MR) is 97.2 cm³/mol. The number of aliphatic imine (C=N–C) groups is 1. The predicted octanol–water partition coefficient (Wildman–Crippen LogP) is 3.47. The molecule has 6 nitrogen and oxygen atoms in total. The smallest absolute Gasteiger partial charge is 0.262 e. The van der Waals surface area contributed by atoms with Crippen molar-refractivity contribution in [1.29, 1.82) is 0 Å². The van der Waals surface area contributed by atoms with Crippen LogP contribution in [0.3, 0.4) is 0 Å². The van der Waals surface area contributed by atoms with Gasteiger partial charge >= 0.3 is 0 Å². The zero-order chi connectivity index (χ0) is 18.6. The second kappa shape index (κ2) is 7.83. The van der Waals surface area contributed by atoms with Crippen LogP contribution in [0.15, 0.2) is 35.6 Å². The van der Waals surface area contributed by atoms with Gasteiger partial charge in [-0.2, -0.15) is 0 Å². The highest BCUT2D eigenvalue weighted by molar-refractivity contribution is 6.37. The van der Waals surface area contributed by atoms with E-state index in [1.165, 1.54) is 18.5 Å². The zero-order valence-electron chi connectivity index (χ0n) is 14.8. The Bertz CT molecular complexity index is 787. The van der Waals surface area contributed by atoms with Gasteiger partial charge in [0.25, 0.3) is 5.91 Å². The number of benzene rings is 1. The first kappa shape index (κ1) is 18.5. The van der Waals surface area contributed by atoms with Crippen molar-refractivity contribution in [3.05, 3.63) is 42.1 Å². The maximum absolute atomic E-state index is 13.2. The molecular weight excluding hydrogens is 321 g/mol. The molecule has 2 aromatic rings. The van der Waals surface area contributed by atoms with Crippen molar-refractivity contribution < 1.29 is 9.18 Å². The Morgan fingerprint density at radius 1 is 1.28 bits per heavy atom. The molecule has 0 atom stereocenters. The molecular formula is C18H22FN5O. The maximum atomic E-state index is 13.2. The van der Waals surface area contributed by atoms with Crippen LogP contribution in [0.2, 0.25) is 0 Å². The van der Waals surface area contributed by atoms with E-state index < -0.39 is 5.91 Å². The van der Waals surface area contributed by atoms with Gasteiger partial charge in [0.05, 0.1) is 5.69 Å². The van der Waals surface area contributed by atoms with Crippen LogP contribution < -0.4 is 10.6 Å². The fourth-order valence-electron chi connectivity index (χ4n) is 2.41. The summed E-state index contributed by atoms with van der Waals surface area (Å²) >= 11 is 0. The molecule has 0 unspecified atom stereocenters. The van der Waals surface area contributed by atoms with Gasteiger partial charge in [0.1, 0.15) is 23.5 Å². The second-order valence-electron chi connectivity index (χ2n) is 5.87. The number of primary amides is 1. The van der Waals surface area contributed by atoms with E-state index >= 15 is 0 Å². The summed E-state index contributed by atoms with van der Waals surface area (Å²) in [6.07, 6.45) is 1.47. The molecule has 1 aromatic heterocycles. The van der Waals surface area contributed by atoms with E-state index in [0.29, 0.717) is 23.7 Å². The Morgan fingerprint density at radius 2 is 1.92 bits per heavy atom. The van der Waals surface area contributed by atoms with Crippen LogP contribution in [0, 0.1) is 5.82 Å². The maximum Gasteiger partial charge on any atom is 0.262 e. The summed E-state index contributed by atoms with van der Waals surface area (Å²) in [6.45, 7) is 8.06. The topological polar surface area (TPSA) is 84.5 Å². The van der Waals surface area contributed by atoms with Crippen molar-refractivity contribution in [3.63, 3.8) is 0 Å². The van der Waals surface area contributed by atoms with Gasteiger partial charge in [-0.15, -0.1) is 0 Å². The molecule has 0 saturated carbocycles. The summed E-state index contributed by atoms with van der Waals surface area (Å²) in [5.74, 6) is -0.288. The molecule has 1 aromatic carbocycles. The van der Waals surface area contributed by atoms with Crippen molar-refractivity contribution in [1.82, 2.24) is 9.97 Å². The number of hydrogen-bond acceptors (Lipinski definition) is 5. The number of carbonyl (C=O) groups is 1. The van der Waals surface area contributed by atoms with Crippen molar-refractivity contribution in [3.8, 4) is 0 Å². The van der Waals surface area contributed by atoms with Crippen molar-refractivity contribution in [2.75, 3.05) is 11.4 Å². The standard InChI is InChI=1S/C18H22FN5O/c1-5-24(14-8-6-13(19)7-9-14)18-16(23-12(4)17(20)25)15(11(2)3)21-10-22-18/h6-11H,5H2,1-4H3,(H2,20,25). The first-order valence-corrected chi connectivity index (χ1v) is 8.08. The van der Waals surface area contributed by atoms with Crippen molar-refractivity contribution in [2.45, 2.75) is 33.6 Å². The molecule has 0 aliphatic carbocycles. The fraction of sp³-hybridized carbons (Fsp3) is 0.333. The fourth-order valence-corrected chi connectivity index (χ4v) is 2.41. The summed E-state index contributed by atoms with van der Waals surface area (Å²) in [4.78, 5) is 26.4. The quantitative estimate of drug-likeness (QED) is 0.814. The number of amides is 1. The lowest BCUT2D eigenvalue weighted by Crippen LogP contribution is -2.21. The third kappa shape index (κ3) is 4.17. The van der Waals surface area contributed by atoms with Gasteiger partial charge in [-0.25, -0.2) is 19.4 Å². The summed E-state index contributed by atoms with van der Waals surface area (Å²) in [6, 6.07) is 6.12. The van der Waals surface area contributed by atoms with Gasteiger partial charge in [0, 0.05) is 12.2 Å². The average Bonchev–Trinajstić information content (AvgIpc) is 2.57. The molecule has 1 heterocycles. The number of halogens is 1. The van der Waals surface area contributed by atoms with Crippen molar-refractivity contribution in [2.24, 2.45) is 10.7 Å². The van der Waals surface area contributed by atoms with E-state index in [4.69, 9.17) is 5.73 Å². The number of nitrogens with two attached hydrogens (primary N) is 1. The SMILES string of the molecule is CCN(c1ccc(F)cc1)c1ncnc(C(C)C)c1N=C(C)C(N)=O. The highest BCUT2D eigenvalue weighted by Crippen LogP contribution is 2.36. The number of rotatable bonds is 6. The second-order valence-corrected chi connectivity index (χ2v) is 5.87. The number of aromatic nitrogens is 2. The normalized spacial score (nSPS) is 11.7. The molecule has 2 N–H and O–H groups in total. The van der Waals surface area contributed by atoms with Gasteiger partial charge in [-0.05, 0) is 44.0 Å². The molecule has 7 heteroatoms. The number of anilines is 2. The van der Waals surface area contributed by atoms with Crippen LogP contribution in [-0.2, 0) is 4.79 Å². The third-order valence-electron chi connectivity index (χ3n) is 3.72. The molecule has 132 valence electrons. The van der Waals surface area contributed by atoms with E-state index in [0.717, 1.165) is 5.69 Å². The van der Waals surface area contributed by atoms with Crippen LogP contribution in [0.4, 0.5) is 21.6 Å². The first-order valence-electron chi connectivity index (χ1n) is 8.08. The molecule has 0 aliphatic heterocycles. The van der Waals surface area contributed by atoms with Gasteiger partial charge in [0.2, 0.25) is 0 Å². The summed E-state index contributed by atoms with van der Waals surface area (Å²) in [5.41, 5.74) is 7.49. The Hall–Kier alpha value is -2.83. The van der Waals surface area contributed by atoms with Gasteiger partial charge in [0.15, 0.2) is 5.82 Å². The number of hydrogen-bond donors (Lipinski definition) is 1. The molecule has 0 aliphatic rings. The lowest BCUT2D eigenvalue weighted by atomic mass is 10.1. The van der Waals surface area contributed by atoms with Crippen molar-refractivity contribution >= 4 is 28.8 Å². The highest BCUT2D eigenvalue weighted by Gasteiger charge is 2.20. The van der Waals surface area contributed by atoms with E-state index in [1.54, 1.807) is 19.1 Å². The van der Waals surface area contributed by atoms with Crippen LogP contribution >= 0.6 is 0 Å². The molecule has 2 rings (SSSR count). The van der Waals surface area contributed by atoms with Gasteiger partial charge < -0.3 is 10.6 Å². The molecule has 0 radical (unpaired) electrons. The largest absolute Gasteiger partial charge is 0.365 e. The Balaban J connectivity index is 2.66. The summed E-state index contributed by atoms with van der Waals surface area (Å²) in [5, 5.41) is 0. The summed E-state index contributed by atoms with van der Waals surface area (Å²) in [7, 11) is 0. The van der Waals surface area contributed by atoms with Crippen LogP contribution in [-0.4, -0.2) is 28.1 Å². The minimum Gasteiger partial charge on any atom is -0.365 e. The molecule has 0 spiro atoms. The third-order valence-corrected chi connectivity index (χ3v) is 3.72. The molecule has 0 bridgehead atoms. The Labute approximate surface area is 146 Å². The Morgan fingerprint density at radius 3 is 2.44 bits per heavy atom. The average molecular weight is 343 g/mol. The minimum absolute atomic E-state index is 0.0769. The molecule has 25 heavy (non-hydrogen) atoms. The van der Waals surface area contributed by atoms with Crippen LogP contribution in [0.1, 0.15) is 39.3 Å². The van der Waals surface area contributed by atoms with E-state index in [9.17, 15) is 9.18 Å². The van der Waals surface area contributed by atoms with Gasteiger partial charge in [-0.1, -0.05) is 13.8 Å². The van der Waals surface area contributed by atoms with E-state index in [1.807, 2.05) is 25.7 Å². The van der Waals surface area contributed by atoms with E-state index in [2.05, 4.69) is 15.0 Å². The minimum atomic E-state index is -0.602. The molecule has 1 amide bonds.